The number of carbonyl (C=O) groups excluding carboxylic acids is 3. The number of hydrogen-bond acceptors (Lipinski definition) is 7. The molecule has 2 atom stereocenters. The summed E-state index contributed by atoms with van der Waals surface area (Å²) in [6, 6.07) is 18.2. The maximum Gasteiger partial charge on any atom is 0.376 e. The van der Waals surface area contributed by atoms with Crippen LogP contribution in [0, 0.1) is 5.92 Å². The first-order chi connectivity index (χ1) is 15.5. The first kappa shape index (κ1) is 21.4. The van der Waals surface area contributed by atoms with Gasteiger partial charge in [-0.2, -0.15) is 5.06 Å². The van der Waals surface area contributed by atoms with Crippen molar-refractivity contribution >= 4 is 17.8 Å². The molecule has 2 aliphatic heterocycles. The molecule has 10 nitrogen and oxygen atoms in total. The van der Waals surface area contributed by atoms with Crippen LogP contribution < -0.4 is 0 Å². The second-order valence-electron chi connectivity index (χ2n) is 7.40. The van der Waals surface area contributed by atoms with E-state index in [4.69, 9.17) is 19.8 Å². The molecule has 2 heterocycles. The Balaban J connectivity index is 1.65. The predicted molar refractivity (Wildman–Crippen MR) is 109 cm³/mol. The lowest BCUT2D eigenvalue weighted by Gasteiger charge is -2.34. The molecule has 2 aromatic rings. The van der Waals surface area contributed by atoms with Gasteiger partial charge in [-0.1, -0.05) is 65.8 Å². The molecule has 2 saturated heterocycles. The molecule has 0 spiro atoms. The molecular formula is C22H20N4O6. The summed E-state index contributed by atoms with van der Waals surface area (Å²) < 4.78 is 11.2. The summed E-state index contributed by atoms with van der Waals surface area (Å²) >= 11 is 0. The Bertz CT molecular complexity index is 1020. The van der Waals surface area contributed by atoms with E-state index in [2.05, 4.69) is 10.0 Å². The molecule has 10 heteroatoms. The number of amides is 1. The van der Waals surface area contributed by atoms with Crippen molar-refractivity contribution in [2.75, 3.05) is 13.2 Å². The van der Waals surface area contributed by atoms with Gasteiger partial charge in [0.2, 0.25) is 0 Å². The molecule has 164 valence electrons. The van der Waals surface area contributed by atoms with E-state index in [0.29, 0.717) is 11.1 Å². The molecule has 2 fully saturated rings. The number of ether oxygens (including phenoxy) is 2. The standard InChI is InChI=1S/C22H20N4O6/c23-25-24-13-17-14-30-26(20(17)28)22(12-11-18(27)32-22)21(29)31-19(15-7-3-1-4-8-15)16-9-5-2-6-10-16/h1-10,17,19H,11-14H2. The zero-order valence-corrected chi connectivity index (χ0v) is 17.0. The number of hydroxylamine groups is 2. The minimum Gasteiger partial charge on any atom is -0.448 e. The third-order valence-electron chi connectivity index (χ3n) is 5.35. The van der Waals surface area contributed by atoms with Gasteiger partial charge in [0.25, 0.3) is 5.91 Å². The van der Waals surface area contributed by atoms with Crippen LogP contribution in [0.4, 0.5) is 0 Å². The number of hydrogen-bond donors (Lipinski definition) is 0. The highest BCUT2D eigenvalue weighted by Crippen LogP contribution is 2.38. The summed E-state index contributed by atoms with van der Waals surface area (Å²) in [6.07, 6.45) is -0.983. The molecule has 0 N–H and O–H groups in total. The molecule has 0 aromatic heterocycles. The van der Waals surface area contributed by atoms with E-state index in [0.717, 1.165) is 5.06 Å². The predicted octanol–water partition coefficient (Wildman–Crippen LogP) is 3.05. The van der Waals surface area contributed by atoms with Crippen molar-refractivity contribution in [2.24, 2.45) is 11.0 Å². The SMILES string of the molecule is [N-]=[N+]=NCC1CON(C2(C(=O)OC(c3ccccc3)c3ccccc3)CCC(=O)O2)C1=O. The van der Waals surface area contributed by atoms with Crippen LogP contribution in [0.2, 0.25) is 0 Å². The van der Waals surface area contributed by atoms with Crippen molar-refractivity contribution in [1.29, 1.82) is 0 Å². The molecular weight excluding hydrogens is 416 g/mol. The van der Waals surface area contributed by atoms with Crippen LogP contribution in [-0.2, 0) is 28.7 Å². The van der Waals surface area contributed by atoms with Crippen LogP contribution in [-0.4, -0.2) is 41.8 Å². The van der Waals surface area contributed by atoms with Crippen LogP contribution in [0.3, 0.4) is 0 Å². The highest BCUT2D eigenvalue weighted by Gasteiger charge is 2.60. The molecule has 2 aliphatic rings. The maximum atomic E-state index is 13.5. The second kappa shape index (κ2) is 9.09. The maximum absolute atomic E-state index is 13.5. The number of nitrogens with zero attached hydrogens (tertiary/aromatic N) is 4. The highest BCUT2D eigenvalue weighted by atomic mass is 16.8. The smallest absolute Gasteiger partial charge is 0.376 e. The third-order valence-corrected chi connectivity index (χ3v) is 5.35. The summed E-state index contributed by atoms with van der Waals surface area (Å²) in [5.74, 6) is -2.96. The van der Waals surface area contributed by atoms with Crippen LogP contribution in [0.5, 0.6) is 0 Å². The molecule has 0 saturated carbocycles. The zero-order valence-electron chi connectivity index (χ0n) is 17.0. The number of benzene rings is 2. The summed E-state index contributed by atoms with van der Waals surface area (Å²) in [6.45, 7) is -0.243. The van der Waals surface area contributed by atoms with Crippen molar-refractivity contribution in [1.82, 2.24) is 5.06 Å². The van der Waals surface area contributed by atoms with E-state index < -0.39 is 35.6 Å². The average Bonchev–Trinajstić information content (AvgIpc) is 3.40. The molecule has 2 aromatic carbocycles. The Morgan fingerprint density at radius 1 is 1.16 bits per heavy atom. The van der Waals surface area contributed by atoms with Gasteiger partial charge in [-0.3, -0.25) is 14.4 Å². The van der Waals surface area contributed by atoms with Crippen LogP contribution >= 0.6 is 0 Å². The third kappa shape index (κ3) is 4.01. The van der Waals surface area contributed by atoms with Gasteiger partial charge in [-0.05, 0) is 16.7 Å². The van der Waals surface area contributed by atoms with Gasteiger partial charge in [0.1, 0.15) is 0 Å². The van der Waals surface area contributed by atoms with E-state index in [1.165, 1.54) is 0 Å². The molecule has 32 heavy (non-hydrogen) atoms. The molecule has 2 unspecified atom stereocenters. The van der Waals surface area contributed by atoms with Gasteiger partial charge in [0.05, 0.1) is 18.9 Å². The van der Waals surface area contributed by atoms with Gasteiger partial charge in [-0.15, -0.1) is 0 Å². The topological polar surface area (TPSA) is 131 Å². The quantitative estimate of drug-likeness (QED) is 0.284. The number of azide groups is 1. The zero-order chi connectivity index (χ0) is 22.6. The van der Waals surface area contributed by atoms with E-state index in [-0.39, 0.29) is 26.0 Å². The van der Waals surface area contributed by atoms with Crippen molar-refractivity contribution in [3.05, 3.63) is 82.2 Å². The number of carbonyl (C=O) groups is 3. The molecule has 1 amide bonds. The fraction of sp³-hybridized carbons (Fsp3) is 0.318. The van der Waals surface area contributed by atoms with Crippen LogP contribution in [0.15, 0.2) is 65.8 Å². The van der Waals surface area contributed by atoms with Crippen LogP contribution in [0.1, 0.15) is 30.1 Å². The largest absolute Gasteiger partial charge is 0.448 e. The number of esters is 2. The van der Waals surface area contributed by atoms with Crippen molar-refractivity contribution in [3.8, 4) is 0 Å². The summed E-state index contributed by atoms with van der Waals surface area (Å²) in [4.78, 5) is 46.4. The Morgan fingerprint density at radius 3 is 2.31 bits per heavy atom. The Labute approximate surface area is 183 Å². The average molecular weight is 436 g/mol. The lowest BCUT2D eigenvalue weighted by atomic mass is 10.0. The van der Waals surface area contributed by atoms with Crippen molar-refractivity contribution in [3.63, 3.8) is 0 Å². The van der Waals surface area contributed by atoms with E-state index >= 15 is 0 Å². The molecule has 0 aliphatic carbocycles. The van der Waals surface area contributed by atoms with Crippen molar-refractivity contribution < 1.29 is 28.7 Å². The summed E-state index contributed by atoms with van der Waals surface area (Å²) in [5.41, 5.74) is 7.91. The Hall–Kier alpha value is -3.88. The molecule has 0 bridgehead atoms. The van der Waals surface area contributed by atoms with Gasteiger partial charge in [0.15, 0.2) is 6.10 Å². The first-order valence-corrected chi connectivity index (χ1v) is 10.1. The Morgan fingerprint density at radius 2 is 1.78 bits per heavy atom. The summed E-state index contributed by atoms with van der Waals surface area (Å²) in [5, 5.41) is 4.17. The lowest BCUT2D eigenvalue weighted by molar-refractivity contribution is -0.260. The van der Waals surface area contributed by atoms with E-state index in [9.17, 15) is 14.4 Å². The van der Waals surface area contributed by atoms with Gasteiger partial charge >= 0.3 is 17.7 Å². The second-order valence-corrected chi connectivity index (χ2v) is 7.40. The van der Waals surface area contributed by atoms with Crippen molar-refractivity contribution in [2.45, 2.75) is 24.7 Å². The van der Waals surface area contributed by atoms with E-state index in [1.807, 2.05) is 60.7 Å². The van der Waals surface area contributed by atoms with Gasteiger partial charge in [-0.25, -0.2) is 4.79 Å². The monoisotopic (exact) mass is 436 g/mol. The summed E-state index contributed by atoms with van der Waals surface area (Å²) in [7, 11) is 0. The minimum atomic E-state index is -2.04. The number of rotatable bonds is 7. The lowest BCUT2D eigenvalue weighted by Crippen LogP contribution is -2.56. The highest BCUT2D eigenvalue weighted by molar-refractivity contribution is 5.92. The fourth-order valence-electron chi connectivity index (χ4n) is 3.73. The first-order valence-electron chi connectivity index (χ1n) is 10.1. The molecule has 0 radical (unpaired) electrons. The van der Waals surface area contributed by atoms with Crippen LogP contribution in [0.25, 0.3) is 10.4 Å². The fourth-order valence-corrected chi connectivity index (χ4v) is 3.73. The normalized spacial score (nSPS) is 22.5. The Kier molecular flexibility index (Phi) is 6.07. The van der Waals surface area contributed by atoms with E-state index in [1.54, 1.807) is 0 Å². The molecule has 4 rings (SSSR count). The van der Waals surface area contributed by atoms with Gasteiger partial charge in [0, 0.05) is 17.9 Å². The van der Waals surface area contributed by atoms with Gasteiger partial charge < -0.3 is 9.47 Å². The minimum absolute atomic E-state index is 0.0788. The number of cyclic esters (lactones) is 1.